The molecule has 0 saturated carbocycles. The van der Waals surface area contributed by atoms with Crippen LogP contribution < -0.4 is 0 Å². The van der Waals surface area contributed by atoms with E-state index in [0.29, 0.717) is 24.8 Å². The zero-order valence-electron chi connectivity index (χ0n) is 19.7. The second-order valence-corrected chi connectivity index (χ2v) is 8.63. The summed E-state index contributed by atoms with van der Waals surface area (Å²) in [6, 6.07) is 17.6. The van der Waals surface area contributed by atoms with Crippen molar-refractivity contribution < 1.29 is 9.32 Å². The first-order chi connectivity index (χ1) is 16.5. The maximum atomic E-state index is 13.4. The van der Waals surface area contributed by atoms with Gasteiger partial charge in [-0.15, -0.1) is 0 Å². The van der Waals surface area contributed by atoms with Crippen molar-refractivity contribution in [3.05, 3.63) is 83.6 Å². The molecule has 5 rings (SSSR count). The highest BCUT2D eigenvalue weighted by molar-refractivity contribution is 5.96. The van der Waals surface area contributed by atoms with E-state index < -0.39 is 0 Å². The fraction of sp³-hybridized carbons (Fsp3) is 0.308. The minimum atomic E-state index is -0.0172. The van der Waals surface area contributed by atoms with Crippen LogP contribution in [-0.4, -0.2) is 61.6 Å². The van der Waals surface area contributed by atoms with Gasteiger partial charge in [-0.1, -0.05) is 41.6 Å². The maximum absolute atomic E-state index is 13.4. The minimum Gasteiger partial charge on any atom is -0.337 e. The highest BCUT2D eigenvalue weighted by atomic mass is 16.5. The zero-order chi connectivity index (χ0) is 23.7. The Kier molecular flexibility index (Phi) is 5.98. The lowest BCUT2D eigenvalue weighted by Gasteiger charge is -2.36. The third-order valence-corrected chi connectivity index (χ3v) is 6.52. The van der Waals surface area contributed by atoms with Gasteiger partial charge in [-0.3, -0.25) is 9.69 Å². The Hall–Kier alpha value is -3.78. The molecule has 174 valence electrons. The fourth-order valence-corrected chi connectivity index (χ4v) is 4.57. The molecule has 1 fully saturated rings. The number of benzene rings is 1. The van der Waals surface area contributed by atoms with Crippen molar-refractivity contribution in [2.24, 2.45) is 0 Å². The van der Waals surface area contributed by atoms with Crippen LogP contribution in [0.25, 0.3) is 17.2 Å². The highest BCUT2D eigenvalue weighted by Gasteiger charge is 2.29. The van der Waals surface area contributed by atoms with Crippen molar-refractivity contribution in [3.8, 4) is 17.2 Å². The van der Waals surface area contributed by atoms with Gasteiger partial charge in [0, 0.05) is 49.3 Å². The van der Waals surface area contributed by atoms with Crippen molar-refractivity contribution in [2.45, 2.75) is 26.8 Å². The number of carbonyl (C=O) groups is 1. The lowest BCUT2D eigenvalue weighted by atomic mass is 10.1. The van der Waals surface area contributed by atoms with Crippen LogP contribution in [0.5, 0.6) is 0 Å². The topological polar surface area (TPSA) is 80.3 Å². The summed E-state index contributed by atoms with van der Waals surface area (Å²) in [7, 11) is 0. The van der Waals surface area contributed by atoms with E-state index in [4.69, 9.17) is 4.52 Å². The number of piperazine rings is 1. The summed E-state index contributed by atoms with van der Waals surface area (Å²) in [5.74, 6) is 2.08. The Morgan fingerprint density at radius 2 is 1.74 bits per heavy atom. The Morgan fingerprint density at radius 1 is 1.00 bits per heavy atom. The molecular formula is C26H28N6O2. The van der Waals surface area contributed by atoms with E-state index in [2.05, 4.69) is 26.9 Å². The molecule has 1 unspecified atom stereocenters. The van der Waals surface area contributed by atoms with E-state index in [1.165, 1.54) is 0 Å². The van der Waals surface area contributed by atoms with Gasteiger partial charge in [-0.25, -0.2) is 4.98 Å². The molecular weight excluding hydrogens is 428 g/mol. The number of aromatic nitrogens is 4. The van der Waals surface area contributed by atoms with Gasteiger partial charge >= 0.3 is 0 Å². The molecule has 0 bridgehead atoms. The third kappa shape index (κ3) is 4.12. The Labute approximate surface area is 198 Å². The Bertz CT molecular complexity index is 1270. The first-order valence-corrected chi connectivity index (χ1v) is 11.6. The molecule has 0 radical (unpaired) electrons. The van der Waals surface area contributed by atoms with E-state index in [1.54, 1.807) is 6.20 Å². The number of hydrogen-bond donors (Lipinski definition) is 0. The van der Waals surface area contributed by atoms with Gasteiger partial charge in [0.25, 0.3) is 5.91 Å². The van der Waals surface area contributed by atoms with Gasteiger partial charge in [0.1, 0.15) is 5.82 Å². The Morgan fingerprint density at radius 3 is 2.44 bits per heavy atom. The Balaban J connectivity index is 1.25. The number of rotatable bonds is 5. The number of pyridine rings is 1. The van der Waals surface area contributed by atoms with Crippen LogP contribution in [0, 0.1) is 13.8 Å². The van der Waals surface area contributed by atoms with E-state index in [-0.39, 0.29) is 11.9 Å². The number of amides is 1. The molecule has 1 aliphatic heterocycles. The SMILES string of the molecule is Cc1cc(C(=O)N2CCN(C(C)c3nc(-c4ccccc4)no3)CC2)c(C)n1-c1ccccn1. The van der Waals surface area contributed by atoms with Gasteiger partial charge in [0.15, 0.2) is 0 Å². The molecule has 4 heterocycles. The molecule has 1 atom stereocenters. The van der Waals surface area contributed by atoms with Crippen LogP contribution in [-0.2, 0) is 0 Å². The van der Waals surface area contributed by atoms with E-state index in [9.17, 15) is 4.79 Å². The van der Waals surface area contributed by atoms with Crippen molar-refractivity contribution in [1.82, 2.24) is 29.5 Å². The van der Waals surface area contributed by atoms with Crippen molar-refractivity contribution in [2.75, 3.05) is 26.2 Å². The van der Waals surface area contributed by atoms with Crippen molar-refractivity contribution in [3.63, 3.8) is 0 Å². The van der Waals surface area contributed by atoms with Crippen molar-refractivity contribution in [1.29, 1.82) is 0 Å². The van der Waals surface area contributed by atoms with Crippen LogP contribution >= 0.6 is 0 Å². The standard InChI is InChI=1S/C26H28N6O2/c1-18-17-22(19(2)32(18)23-11-7-8-12-27-23)26(33)31-15-13-30(14-16-31)20(3)25-28-24(29-34-25)21-9-5-4-6-10-21/h4-12,17,20H,13-16H2,1-3H3. The first-order valence-electron chi connectivity index (χ1n) is 11.6. The number of aryl methyl sites for hydroxylation is 1. The van der Waals surface area contributed by atoms with Gasteiger partial charge in [0.05, 0.1) is 11.6 Å². The molecule has 1 amide bonds. The molecule has 3 aromatic heterocycles. The van der Waals surface area contributed by atoms with Gasteiger partial charge in [-0.05, 0) is 39.0 Å². The van der Waals surface area contributed by atoms with Gasteiger partial charge in [0.2, 0.25) is 11.7 Å². The normalized spacial score (nSPS) is 15.4. The third-order valence-electron chi connectivity index (χ3n) is 6.52. The summed E-state index contributed by atoms with van der Waals surface area (Å²) in [6.45, 7) is 8.84. The summed E-state index contributed by atoms with van der Waals surface area (Å²) < 4.78 is 7.59. The van der Waals surface area contributed by atoms with Crippen LogP contribution in [0.15, 0.2) is 65.3 Å². The molecule has 1 aliphatic rings. The average molecular weight is 457 g/mol. The molecule has 1 saturated heterocycles. The minimum absolute atomic E-state index is 0.0172. The number of hydrogen-bond acceptors (Lipinski definition) is 6. The predicted octanol–water partition coefficient (Wildman–Crippen LogP) is 4.06. The second-order valence-electron chi connectivity index (χ2n) is 8.63. The zero-order valence-corrected chi connectivity index (χ0v) is 19.7. The lowest BCUT2D eigenvalue weighted by molar-refractivity contribution is 0.0551. The quantitative estimate of drug-likeness (QED) is 0.451. The van der Waals surface area contributed by atoms with E-state index in [0.717, 1.165) is 41.4 Å². The molecule has 8 heteroatoms. The summed E-state index contributed by atoms with van der Waals surface area (Å²) in [4.78, 5) is 26.6. The molecule has 0 aliphatic carbocycles. The monoisotopic (exact) mass is 456 g/mol. The van der Waals surface area contributed by atoms with Crippen LogP contribution in [0.2, 0.25) is 0 Å². The van der Waals surface area contributed by atoms with Crippen molar-refractivity contribution >= 4 is 5.91 Å². The number of carbonyl (C=O) groups excluding carboxylic acids is 1. The molecule has 34 heavy (non-hydrogen) atoms. The fourth-order valence-electron chi connectivity index (χ4n) is 4.57. The largest absolute Gasteiger partial charge is 0.337 e. The summed E-state index contributed by atoms with van der Waals surface area (Å²) in [5.41, 5.74) is 3.58. The highest BCUT2D eigenvalue weighted by Crippen LogP contribution is 2.25. The smallest absolute Gasteiger partial charge is 0.255 e. The maximum Gasteiger partial charge on any atom is 0.255 e. The molecule has 0 N–H and O–H groups in total. The number of nitrogens with zero attached hydrogens (tertiary/aromatic N) is 6. The molecule has 4 aromatic rings. The molecule has 1 aromatic carbocycles. The molecule has 0 spiro atoms. The second kappa shape index (κ2) is 9.23. The predicted molar refractivity (Wildman–Crippen MR) is 129 cm³/mol. The summed E-state index contributed by atoms with van der Waals surface area (Å²) in [6.07, 6.45) is 1.77. The van der Waals surface area contributed by atoms with Gasteiger partial charge < -0.3 is 14.0 Å². The van der Waals surface area contributed by atoms with Crippen LogP contribution in [0.4, 0.5) is 0 Å². The lowest BCUT2D eigenvalue weighted by Crippen LogP contribution is -2.49. The van der Waals surface area contributed by atoms with E-state index in [1.807, 2.05) is 77.9 Å². The molecule has 8 nitrogen and oxygen atoms in total. The summed E-state index contributed by atoms with van der Waals surface area (Å²) in [5, 5.41) is 4.15. The first kappa shape index (κ1) is 22.0. The average Bonchev–Trinajstić information content (AvgIpc) is 3.49. The van der Waals surface area contributed by atoms with Crippen LogP contribution in [0.1, 0.15) is 40.6 Å². The van der Waals surface area contributed by atoms with Gasteiger partial charge in [-0.2, -0.15) is 4.98 Å². The van der Waals surface area contributed by atoms with Crippen LogP contribution in [0.3, 0.4) is 0 Å². The summed E-state index contributed by atoms with van der Waals surface area (Å²) >= 11 is 0. The van der Waals surface area contributed by atoms with E-state index >= 15 is 0 Å².